The molecule has 0 spiro atoms. The molecule has 156 valence electrons. The molecule has 2 atom stereocenters. The zero-order valence-corrected chi connectivity index (χ0v) is 17.8. The molecule has 5 rings (SSSR count). The van der Waals surface area contributed by atoms with E-state index < -0.39 is 0 Å². The topological polar surface area (TPSA) is 98.9 Å². The van der Waals surface area contributed by atoms with E-state index in [0.29, 0.717) is 15.7 Å². The van der Waals surface area contributed by atoms with Crippen LogP contribution in [0.4, 0.5) is 0 Å². The second kappa shape index (κ2) is 8.02. The molecular formula is C21H22ClN5O2S. The highest BCUT2D eigenvalue weighted by Crippen LogP contribution is 2.25. The first-order valence-electron chi connectivity index (χ1n) is 10.2. The van der Waals surface area contributed by atoms with Gasteiger partial charge < -0.3 is 20.9 Å². The van der Waals surface area contributed by atoms with Crippen LogP contribution in [0.3, 0.4) is 0 Å². The van der Waals surface area contributed by atoms with E-state index in [0.717, 1.165) is 60.2 Å². The first kappa shape index (κ1) is 19.5. The normalized spacial score (nSPS) is 20.8. The van der Waals surface area contributed by atoms with E-state index in [1.165, 1.54) is 11.3 Å². The molecule has 2 aliphatic rings. The molecule has 1 aliphatic carbocycles. The maximum Gasteiger partial charge on any atom is 0.280 e. The molecule has 1 saturated carbocycles. The Morgan fingerprint density at radius 3 is 2.60 bits per heavy atom. The van der Waals surface area contributed by atoms with Crippen molar-refractivity contribution >= 4 is 45.7 Å². The number of carbonyl (C=O) groups is 2. The van der Waals surface area contributed by atoms with Gasteiger partial charge in [0, 0.05) is 46.0 Å². The number of nitrogens with one attached hydrogen (secondary N) is 4. The van der Waals surface area contributed by atoms with Gasteiger partial charge in [0.05, 0.1) is 5.69 Å². The number of aromatic nitrogens is 2. The maximum atomic E-state index is 12.9. The first-order valence-corrected chi connectivity index (χ1v) is 11.4. The van der Waals surface area contributed by atoms with Gasteiger partial charge in [-0.05, 0) is 37.1 Å². The third kappa shape index (κ3) is 3.82. The minimum Gasteiger partial charge on any atom is -0.351 e. The van der Waals surface area contributed by atoms with Crippen molar-refractivity contribution in [3.05, 3.63) is 50.6 Å². The Bertz CT molecular complexity index is 1100. The molecule has 0 bridgehead atoms. The van der Waals surface area contributed by atoms with Crippen LogP contribution in [0.2, 0.25) is 5.02 Å². The van der Waals surface area contributed by atoms with Crippen LogP contribution in [0.5, 0.6) is 0 Å². The fourth-order valence-corrected chi connectivity index (χ4v) is 5.36. The molecule has 2 aromatic heterocycles. The van der Waals surface area contributed by atoms with E-state index in [4.69, 9.17) is 11.6 Å². The Morgan fingerprint density at radius 1 is 1.07 bits per heavy atom. The third-order valence-electron chi connectivity index (χ3n) is 5.78. The number of halogens is 1. The molecular weight excluding hydrogens is 422 g/mol. The van der Waals surface area contributed by atoms with Gasteiger partial charge in [0.2, 0.25) is 0 Å². The molecule has 9 heteroatoms. The standard InChI is InChI=1S/C21H22ClN5O2S/c22-12-5-6-13-11(7-12)8-16(24-13)19(28)25-14-3-1-2-4-15(14)26-20(29)21-27-17-9-23-10-18(17)30-21/h5-8,14-15,23-24H,1-4,9-10H2,(H,25,28)(H,26,29)/t14-,15+/m0/s1. The number of carbonyl (C=O) groups excluding carboxylic acids is 2. The molecule has 1 fully saturated rings. The SMILES string of the molecule is O=C(N[C@H]1CCCC[C@H]1NC(=O)c1nc2c(s1)CNC2)c1cc2cc(Cl)ccc2[nH]1. The fraction of sp³-hybridized carbons (Fsp3) is 0.381. The predicted molar refractivity (Wildman–Crippen MR) is 117 cm³/mol. The van der Waals surface area contributed by atoms with Gasteiger partial charge in [-0.1, -0.05) is 24.4 Å². The monoisotopic (exact) mass is 443 g/mol. The van der Waals surface area contributed by atoms with Crippen LogP contribution in [-0.4, -0.2) is 33.9 Å². The number of H-pyrrole nitrogens is 1. The van der Waals surface area contributed by atoms with E-state index in [1.54, 1.807) is 12.1 Å². The summed E-state index contributed by atoms with van der Waals surface area (Å²) in [6.45, 7) is 1.50. The number of hydrogen-bond donors (Lipinski definition) is 4. The molecule has 0 radical (unpaired) electrons. The van der Waals surface area contributed by atoms with E-state index in [2.05, 4.69) is 25.9 Å². The van der Waals surface area contributed by atoms with Crippen molar-refractivity contribution in [1.82, 2.24) is 25.9 Å². The summed E-state index contributed by atoms with van der Waals surface area (Å²) < 4.78 is 0. The lowest BCUT2D eigenvalue weighted by Crippen LogP contribution is -2.53. The van der Waals surface area contributed by atoms with Gasteiger partial charge in [0.15, 0.2) is 5.01 Å². The van der Waals surface area contributed by atoms with Crippen molar-refractivity contribution in [1.29, 1.82) is 0 Å². The quantitative estimate of drug-likeness (QED) is 0.497. The molecule has 7 nitrogen and oxygen atoms in total. The number of rotatable bonds is 4. The molecule has 3 heterocycles. The van der Waals surface area contributed by atoms with Crippen molar-refractivity contribution < 1.29 is 9.59 Å². The number of hydrogen-bond acceptors (Lipinski definition) is 5. The van der Waals surface area contributed by atoms with E-state index in [9.17, 15) is 9.59 Å². The summed E-state index contributed by atoms with van der Waals surface area (Å²) in [5.74, 6) is -0.325. The summed E-state index contributed by atoms with van der Waals surface area (Å²) in [5, 5.41) is 11.5. The number of aromatic amines is 1. The smallest absolute Gasteiger partial charge is 0.280 e. The Balaban J connectivity index is 1.28. The number of nitrogens with zero attached hydrogens (tertiary/aromatic N) is 1. The highest BCUT2D eigenvalue weighted by molar-refractivity contribution is 7.13. The van der Waals surface area contributed by atoms with Gasteiger partial charge in [-0.25, -0.2) is 4.98 Å². The maximum absolute atomic E-state index is 12.9. The van der Waals surface area contributed by atoms with Crippen LogP contribution < -0.4 is 16.0 Å². The highest BCUT2D eigenvalue weighted by Gasteiger charge is 2.30. The molecule has 0 saturated heterocycles. The predicted octanol–water partition coefficient (Wildman–Crippen LogP) is 3.35. The van der Waals surface area contributed by atoms with Crippen LogP contribution in [0.25, 0.3) is 10.9 Å². The van der Waals surface area contributed by atoms with Crippen molar-refractivity contribution in [2.75, 3.05) is 0 Å². The summed E-state index contributed by atoms with van der Waals surface area (Å²) in [6, 6.07) is 7.06. The van der Waals surface area contributed by atoms with E-state index >= 15 is 0 Å². The molecule has 2 amide bonds. The van der Waals surface area contributed by atoms with Crippen LogP contribution in [0.15, 0.2) is 24.3 Å². The highest BCUT2D eigenvalue weighted by atomic mass is 35.5. The molecule has 30 heavy (non-hydrogen) atoms. The summed E-state index contributed by atoms with van der Waals surface area (Å²) in [5.41, 5.74) is 2.33. The molecule has 4 N–H and O–H groups in total. The lowest BCUT2D eigenvalue weighted by atomic mass is 9.90. The Hall–Kier alpha value is -2.42. The third-order valence-corrected chi connectivity index (χ3v) is 7.11. The van der Waals surface area contributed by atoms with Gasteiger partial charge >= 0.3 is 0 Å². The van der Waals surface area contributed by atoms with Crippen LogP contribution >= 0.6 is 22.9 Å². The van der Waals surface area contributed by atoms with Gasteiger partial charge in [-0.15, -0.1) is 11.3 Å². The molecule has 0 unspecified atom stereocenters. The largest absolute Gasteiger partial charge is 0.351 e. The zero-order chi connectivity index (χ0) is 20.7. The van der Waals surface area contributed by atoms with Crippen LogP contribution in [0, 0.1) is 0 Å². The van der Waals surface area contributed by atoms with Crippen molar-refractivity contribution in [2.24, 2.45) is 0 Å². The zero-order valence-electron chi connectivity index (χ0n) is 16.3. The Kier molecular flexibility index (Phi) is 5.22. The van der Waals surface area contributed by atoms with Crippen molar-refractivity contribution in [3.8, 4) is 0 Å². The van der Waals surface area contributed by atoms with Gasteiger partial charge in [-0.2, -0.15) is 0 Å². The second-order valence-corrected chi connectivity index (χ2v) is 9.37. The molecule has 3 aromatic rings. The number of fused-ring (bicyclic) bond motifs is 2. The van der Waals surface area contributed by atoms with Gasteiger partial charge in [0.1, 0.15) is 5.69 Å². The van der Waals surface area contributed by atoms with E-state index in [-0.39, 0.29) is 23.9 Å². The van der Waals surface area contributed by atoms with Crippen molar-refractivity contribution in [3.63, 3.8) is 0 Å². The first-order chi connectivity index (χ1) is 14.6. The fourth-order valence-electron chi connectivity index (χ4n) is 4.23. The second-order valence-electron chi connectivity index (χ2n) is 7.85. The lowest BCUT2D eigenvalue weighted by Gasteiger charge is -2.32. The summed E-state index contributed by atoms with van der Waals surface area (Å²) in [4.78, 5) is 34.3. The van der Waals surface area contributed by atoms with Crippen LogP contribution in [0.1, 0.15) is 56.5 Å². The number of thiazole rings is 1. The van der Waals surface area contributed by atoms with E-state index in [1.807, 2.05) is 12.1 Å². The number of benzene rings is 1. The van der Waals surface area contributed by atoms with Crippen LogP contribution in [-0.2, 0) is 13.1 Å². The molecule has 1 aliphatic heterocycles. The van der Waals surface area contributed by atoms with Gasteiger partial charge in [-0.3, -0.25) is 9.59 Å². The van der Waals surface area contributed by atoms with Gasteiger partial charge in [0.25, 0.3) is 11.8 Å². The summed E-state index contributed by atoms with van der Waals surface area (Å²) in [6.07, 6.45) is 3.73. The average molecular weight is 444 g/mol. The minimum absolute atomic E-state index is 0.106. The lowest BCUT2D eigenvalue weighted by molar-refractivity contribution is 0.0860. The Morgan fingerprint density at radius 2 is 1.83 bits per heavy atom. The minimum atomic E-state index is -0.173. The number of amides is 2. The Labute approximate surface area is 182 Å². The summed E-state index contributed by atoms with van der Waals surface area (Å²) in [7, 11) is 0. The average Bonchev–Trinajstić information content (AvgIpc) is 3.43. The molecule has 1 aromatic carbocycles. The van der Waals surface area contributed by atoms with Crippen molar-refractivity contribution in [2.45, 2.75) is 50.9 Å². The summed E-state index contributed by atoms with van der Waals surface area (Å²) >= 11 is 7.49.